The first-order chi connectivity index (χ1) is 13.4. The van der Waals surface area contributed by atoms with Gasteiger partial charge in [0.15, 0.2) is 23.2 Å². The number of benzene rings is 2. The monoisotopic (exact) mass is 423 g/mol. The molecule has 29 heavy (non-hydrogen) atoms. The predicted octanol–water partition coefficient (Wildman–Crippen LogP) is 3.84. The fourth-order valence-electron chi connectivity index (χ4n) is 2.74. The van der Waals surface area contributed by atoms with Gasteiger partial charge in [-0.25, -0.2) is 26.7 Å². The topological polar surface area (TPSA) is 66.8 Å². The molecule has 1 atom stereocenters. The Morgan fingerprint density at radius 3 is 2.24 bits per heavy atom. The van der Waals surface area contributed by atoms with Crippen molar-refractivity contribution in [1.82, 2.24) is 0 Å². The Hall–Kier alpha value is -3.31. The molecule has 1 aliphatic heterocycles. The number of hydrogen-bond donors (Lipinski definition) is 1. The molecular weight excluding hydrogens is 415 g/mol. The summed E-state index contributed by atoms with van der Waals surface area (Å²) in [7, 11) is 0. The summed E-state index contributed by atoms with van der Waals surface area (Å²) in [6.07, 6.45) is -4.55. The van der Waals surface area contributed by atoms with Gasteiger partial charge in [-0.1, -0.05) is 0 Å². The van der Waals surface area contributed by atoms with E-state index in [1.807, 2.05) is 0 Å². The molecule has 1 aliphatic rings. The molecule has 0 spiro atoms. The van der Waals surface area contributed by atoms with E-state index in [4.69, 9.17) is 5.11 Å². The molecule has 0 unspecified atom stereocenters. The van der Waals surface area contributed by atoms with Crippen molar-refractivity contribution in [3.05, 3.63) is 47.3 Å². The summed E-state index contributed by atoms with van der Waals surface area (Å²) >= 11 is 0. The minimum absolute atomic E-state index is 0.0276. The highest BCUT2D eigenvalue weighted by atomic mass is 19.3. The van der Waals surface area contributed by atoms with Crippen LogP contribution in [0.2, 0.25) is 0 Å². The van der Waals surface area contributed by atoms with E-state index in [0.717, 1.165) is 6.92 Å². The Labute approximate surface area is 156 Å². The van der Waals surface area contributed by atoms with Crippen molar-refractivity contribution in [2.45, 2.75) is 19.1 Å². The first kappa shape index (κ1) is 20.4. The van der Waals surface area contributed by atoms with E-state index >= 15 is 0 Å². The smallest absolute Gasteiger partial charge is 0.480 e. The van der Waals surface area contributed by atoms with Crippen LogP contribution in [0.1, 0.15) is 6.92 Å². The zero-order valence-electron chi connectivity index (χ0n) is 14.1. The van der Waals surface area contributed by atoms with Gasteiger partial charge >= 0.3 is 18.0 Å². The van der Waals surface area contributed by atoms with Gasteiger partial charge in [-0.2, -0.15) is 8.78 Å². The highest BCUT2D eigenvalue weighted by Crippen LogP contribution is 2.44. The maximum Gasteiger partial charge on any atom is 0.483 e. The lowest BCUT2D eigenvalue weighted by molar-refractivity contribution is -0.193. The summed E-state index contributed by atoms with van der Waals surface area (Å²) < 4.78 is 101. The second kappa shape index (κ2) is 6.64. The molecule has 1 amide bonds. The van der Waals surface area contributed by atoms with Crippen molar-refractivity contribution in [3.8, 4) is 16.9 Å². The number of rotatable bonds is 3. The molecule has 12 heteroatoms. The van der Waals surface area contributed by atoms with Crippen LogP contribution >= 0.6 is 0 Å². The molecule has 2 aromatic rings. The normalized spacial score (nSPS) is 16.3. The number of ether oxygens (including phenoxy) is 1. The van der Waals surface area contributed by atoms with Crippen molar-refractivity contribution >= 4 is 17.6 Å². The van der Waals surface area contributed by atoms with Crippen LogP contribution in [0.15, 0.2) is 18.2 Å². The number of carbonyl (C=O) groups excluding carboxylic acids is 1. The summed E-state index contributed by atoms with van der Waals surface area (Å²) in [6, 6.07) is -1.35. The third kappa shape index (κ3) is 3.13. The molecule has 0 saturated heterocycles. The average Bonchev–Trinajstić information content (AvgIpc) is 2.61. The summed E-state index contributed by atoms with van der Waals surface area (Å²) in [5.74, 6) is -14.3. The van der Waals surface area contributed by atoms with Gasteiger partial charge < -0.3 is 9.84 Å². The molecule has 1 N–H and O–H groups in total. The Morgan fingerprint density at radius 2 is 1.66 bits per heavy atom. The van der Waals surface area contributed by atoms with Crippen molar-refractivity contribution < 1.29 is 50.2 Å². The Kier molecular flexibility index (Phi) is 4.67. The third-order valence-corrected chi connectivity index (χ3v) is 4.14. The molecule has 3 rings (SSSR count). The van der Waals surface area contributed by atoms with E-state index in [2.05, 4.69) is 4.74 Å². The number of fused-ring (bicyclic) bond motifs is 1. The van der Waals surface area contributed by atoms with E-state index in [9.17, 15) is 40.3 Å². The number of anilines is 1. The molecule has 0 fully saturated rings. The van der Waals surface area contributed by atoms with E-state index < -0.39 is 75.7 Å². The number of nitrogens with zero attached hydrogens (tertiary/aromatic N) is 1. The van der Waals surface area contributed by atoms with Gasteiger partial charge in [-0.05, 0) is 13.0 Å². The largest absolute Gasteiger partial charge is 0.483 e. The first-order valence-electron chi connectivity index (χ1n) is 7.67. The molecule has 0 radical (unpaired) electrons. The van der Waals surface area contributed by atoms with Crippen LogP contribution in [-0.4, -0.2) is 29.1 Å². The van der Waals surface area contributed by atoms with E-state index in [1.165, 1.54) is 0 Å². The first-order valence-corrected chi connectivity index (χ1v) is 7.67. The Bertz CT molecular complexity index is 1060. The molecule has 1 heterocycles. The number of aliphatic carboxylic acids is 1. The predicted molar refractivity (Wildman–Crippen MR) is 81.8 cm³/mol. The van der Waals surface area contributed by atoms with Crippen LogP contribution in [0.5, 0.6) is 5.75 Å². The average molecular weight is 423 g/mol. The van der Waals surface area contributed by atoms with Crippen LogP contribution < -0.4 is 9.64 Å². The van der Waals surface area contributed by atoms with Gasteiger partial charge in [0.1, 0.15) is 17.7 Å². The summed E-state index contributed by atoms with van der Waals surface area (Å²) in [5.41, 5.74) is -3.24. The highest BCUT2D eigenvalue weighted by Gasteiger charge is 2.53. The van der Waals surface area contributed by atoms with Crippen LogP contribution in [-0.2, 0) is 9.59 Å². The van der Waals surface area contributed by atoms with Crippen LogP contribution in [0.3, 0.4) is 0 Å². The lowest BCUT2D eigenvalue weighted by Crippen LogP contribution is -2.55. The van der Waals surface area contributed by atoms with Gasteiger partial charge in [0.25, 0.3) is 0 Å². The minimum atomic E-state index is -4.55. The van der Waals surface area contributed by atoms with Crippen LogP contribution in [0.4, 0.5) is 36.4 Å². The van der Waals surface area contributed by atoms with Crippen molar-refractivity contribution in [2.24, 2.45) is 0 Å². The molecule has 2 aromatic carbocycles. The standard InChI is InChI=1S/C17H8F7NO4/c1-5(15(26)27)25-10-2-6(12-8(19)3-9(20)13(21)14(12)22)7(18)4-11(10)29-17(23,24)16(25)28/h2-5H,1H3,(H,26,27)/t5-/m1/s1. The molecular formula is C17H8F7NO4. The maximum absolute atomic E-state index is 14.4. The quantitative estimate of drug-likeness (QED) is 0.463. The highest BCUT2D eigenvalue weighted by molar-refractivity contribution is 6.05. The molecule has 0 bridgehead atoms. The summed E-state index contributed by atoms with van der Waals surface area (Å²) in [4.78, 5) is 23.2. The van der Waals surface area contributed by atoms with Gasteiger partial charge in [0.05, 0.1) is 11.3 Å². The van der Waals surface area contributed by atoms with Gasteiger partial charge in [-0.3, -0.25) is 9.69 Å². The molecule has 5 nitrogen and oxygen atoms in total. The van der Waals surface area contributed by atoms with Gasteiger partial charge in [-0.15, -0.1) is 0 Å². The van der Waals surface area contributed by atoms with Gasteiger partial charge in [0, 0.05) is 17.7 Å². The number of carbonyl (C=O) groups is 2. The second-order valence-electron chi connectivity index (χ2n) is 5.95. The fraction of sp³-hybridized carbons (Fsp3) is 0.176. The number of halogens is 7. The molecule has 0 aliphatic carbocycles. The second-order valence-corrected chi connectivity index (χ2v) is 5.95. The SMILES string of the molecule is C[C@H](C(=O)O)N1C(=O)C(F)(F)Oc2cc(F)c(-c3c(F)cc(F)c(F)c3F)cc21. The molecule has 0 aromatic heterocycles. The maximum atomic E-state index is 14.4. The van der Waals surface area contributed by atoms with Crippen LogP contribution in [0, 0.1) is 29.1 Å². The molecule has 154 valence electrons. The fourth-order valence-corrected chi connectivity index (χ4v) is 2.74. The number of hydrogen-bond acceptors (Lipinski definition) is 3. The van der Waals surface area contributed by atoms with Crippen LogP contribution in [0.25, 0.3) is 11.1 Å². The van der Waals surface area contributed by atoms with E-state index in [1.54, 1.807) is 0 Å². The number of amides is 1. The Morgan fingerprint density at radius 1 is 1.03 bits per heavy atom. The number of carboxylic acid groups (broad SMARTS) is 1. The summed E-state index contributed by atoms with van der Waals surface area (Å²) in [6.45, 7) is 0.840. The van der Waals surface area contributed by atoms with Crippen molar-refractivity contribution in [1.29, 1.82) is 0 Å². The number of carboxylic acids is 1. The number of alkyl halides is 2. The Balaban J connectivity index is 2.31. The third-order valence-electron chi connectivity index (χ3n) is 4.14. The summed E-state index contributed by atoms with van der Waals surface area (Å²) in [5, 5.41) is 9.08. The van der Waals surface area contributed by atoms with E-state index in [0.29, 0.717) is 6.07 Å². The van der Waals surface area contributed by atoms with E-state index in [-0.39, 0.29) is 17.0 Å². The lowest BCUT2D eigenvalue weighted by atomic mass is 10.0. The zero-order chi connectivity index (χ0) is 21.8. The molecule has 0 saturated carbocycles. The van der Waals surface area contributed by atoms with Gasteiger partial charge in [0.2, 0.25) is 0 Å². The van der Waals surface area contributed by atoms with Crippen molar-refractivity contribution in [2.75, 3.05) is 4.90 Å². The van der Waals surface area contributed by atoms with Crippen molar-refractivity contribution in [3.63, 3.8) is 0 Å². The zero-order valence-corrected chi connectivity index (χ0v) is 14.1. The minimum Gasteiger partial charge on any atom is -0.480 e. The lowest BCUT2D eigenvalue weighted by Gasteiger charge is -2.35.